The van der Waals surface area contributed by atoms with Gasteiger partial charge in [0.05, 0.1) is 0 Å². The fourth-order valence-electron chi connectivity index (χ4n) is 2.20. The van der Waals surface area contributed by atoms with Crippen LogP contribution >= 0.6 is 0 Å². The fraction of sp³-hybridized carbons (Fsp3) is 0.692. The first kappa shape index (κ1) is 18.5. The molecule has 0 aromatic carbocycles. The topological polar surface area (TPSA) is 148 Å². The third-order valence-corrected chi connectivity index (χ3v) is 2.68. The summed E-state index contributed by atoms with van der Waals surface area (Å²) < 4.78 is 0. The average Bonchev–Trinajstić information content (AvgIpc) is 2.34. The van der Waals surface area contributed by atoms with Gasteiger partial charge in [0.25, 0.3) is 0 Å². The maximum absolute atomic E-state index is 8.44. The number of guanidine groups is 2. The summed E-state index contributed by atoms with van der Waals surface area (Å²) in [6.45, 7) is 9.26. The first-order chi connectivity index (χ1) is 9.62. The molecule has 0 saturated carbocycles. The predicted octanol–water partition coefficient (Wildman–Crippen LogP) is 0.200. The summed E-state index contributed by atoms with van der Waals surface area (Å²) in [5, 5.41) is 21.5. The molecular weight excluding hydrogens is 268 g/mol. The second-order valence-electron chi connectivity index (χ2n) is 6.38. The number of hydrogen-bond acceptors (Lipinski definition) is 4. The first-order valence-electron chi connectivity index (χ1n) is 6.52. The van der Waals surface area contributed by atoms with Gasteiger partial charge in [-0.25, -0.2) is 0 Å². The molecule has 8 nitrogen and oxygen atoms in total. The molecule has 0 aromatic rings. The van der Waals surface area contributed by atoms with Crippen molar-refractivity contribution < 1.29 is 0 Å². The molecule has 0 heterocycles. The van der Waals surface area contributed by atoms with Gasteiger partial charge < -0.3 is 11.5 Å². The summed E-state index contributed by atoms with van der Waals surface area (Å²) in [4.78, 5) is 8.28. The molecule has 8 heteroatoms. The zero-order chi connectivity index (χ0) is 16.5. The molecule has 0 atom stereocenters. The largest absolute Gasteiger partial charge is 0.369 e. The smallest absolute Gasteiger partial charge is 0.202 e. The Morgan fingerprint density at radius 1 is 0.905 bits per heavy atom. The second-order valence-corrected chi connectivity index (χ2v) is 6.38. The lowest BCUT2D eigenvalue weighted by molar-refractivity contribution is 0.209. The van der Waals surface area contributed by atoms with E-state index in [0.29, 0.717) is 13.1 Å². The third kappa shape index (κ3) is 9.11. The normalized spacial score (nSPS) is 13.2. The van der Waals surface area contributed by atoms with Crippen LogP contribution in [0.2, 0.25) is 0 Å². The Hall–Kier alpha value is -2.48. The summed E-state index contributed by atoms with van der Waals surface area (Å²) in [5.74, 6) is 0.229. The molecule has 0 aliphatic heterocycles. The van der Waals surface area contributed by atoms with Crippen LogP contribution in [-0.2, 0) is 0 Å². The maximum Gasteiger partial charge on any atom is 0.202 e. The van der Waals surface area contributed by atoms with E-state index in [9.17, 15) is 0 Å². The monoisotopic (exact) mass is 292 g/mol. The quantitative estimate of drug-likeness (QED) is 0.238. The number of nitriles is 2. The summed E-state index contributed by atoms with van der Waals surface area (Å²) in [6.07, 6.45) is 4.28. The minimum atomic E-state index is -0.113. The van der Waals surface area contributed by atoms with E-state index in [4.69, 9.17) is 22.0 Å². The zero-order valence-corrected chi connectivity index (χ0v) is 13.1. The van der Waals surface area contributed by atoms with Crippen molar-refractivity contribution >= 4 is 11.9 Å². The lowest BCUT2D eigenvalue weighted by atomic mass is 9.75. The Morgan fingerprint density at radius 3 is 1.52 bits per heavy atom. The molecule has 0 aliphatic rings. The van der Waals surface area contributed by atoms with E-state index in [0.717, 1.165) is 6.42 Å². The maximum atomic E-state index is 8.44. The SMILES string of the molecule is CC(C)(CN=C(N)NC#N)CC(C)(C)CN=C(N)NC#N. The van der Waals surface area contributed by atoms with Crippen molar-refractivity contribution in [1.29, 1.82) is 10.5 Å². The Bertz CT molecular complexity index is 431. The summed E-state index contributed by atoms with van der Waals surface area (Å²) in [6, 6.07) is 0. The van der Waals surface area contributed by atoms with Gasteiger partial charge in [-0.15, -0.1) is 0 Å². The number of aliphatic imine (C=N–C) groups is 2. The van der Waals surface area contributed by atoms with E-state index < -0.39 is 0 Å². The molecule has 6 N–H and O–H groups in total. The van der Waals surface area contributed by atoms with E-state index in [-0.39, 0.29) is 22.7 Å². The lowest BCUT2D eigenvalue weighted by Gasteiger charge is -2.33. The van der Waals surface area contributed by atoms with Crippen LogP contribution in [0.5, 0.6) is 0 Å². The van der Waals surface area contributed by atoms with Gasteiger partial charge in [0, 0.05) is 13.1 Å². The minimum Gasteiger partial charge on any atom is -0.369 e. The van der Waals surface area contributed by atoms with Gasteiger partial charge in [-0.1, -0.05) is 27.7 Å². The van der Waals surface area contributed by atoms with Gasteiger partial charge in [0.2, 0.25) is 11.9 Å². The zero-order valence-electron chi connectivity index (χ0n) is 13.1. The van der Waals surface area contributed by atoms with Gasteiger partial charge in [0.15, 0.2) is 12.4 Å². The molecule has 0 radical (unpaired) electrons. The molecule has 0 bridgehead atoms. The van der Waals surface area contributed by atoms with Crippen molar-refractivity contribution in [3.8, 4) is 12.4 Å². The summed E-state index contributed by atoms with van der Waals surface area (Å²) in [7, 11) is 0. The molecule has 0 unspecified atom stereocenters. The van der Waals surface area contributed by atoms with Crippen molar-refractivity contribution in [1.82, 2.24) is 10.6 Å². The Balaban J connectivity index is 4.62. The van der Waals surface area contributed by atoms with Crippen molar-refractivity contribution in [2.75, 3.05) is 13.1 Å². The number of nitrogens with two attached hydrogens (primary N) is 2. The van der Waals surface area contributed by atoms with Crippen molar-refractivity contribution in [2.24, 2.45) is 32.3 Å². The molecule has 0 aliphatic carbocycles. The molecule has 0 aromatic heterocycles. The number of hydrogen-bond donors (Lipinski definition) is 4. The molecular formula is C13H24N8. The van der Waals surface area contributed by atoms with Crippen molar-refractivity contribution in [3.63, 3.8) is 0 Å². The summed E-state index contributed by atoms with van der Waals surface area (Å²) in [5.41, 5.74) is 10.8. The fourth-order valence-corrected chi connectivity index (χ4v) is 2.20. The van der Waals surface area contributed by atoms with Crippen LogP contribution in [0.15, 0.2) is 9.98 Å². The van der Waals surface area contributed by atoms with Crippen molar-refractivity contribution in [2.45, 2.75) is 34.1 Å². The van der Waals surface area contributed by atoms with Gasteiger partial charge in [-0.3, -0.25) is 20.6 Å². The first-order valence-corrected chi connectivity index (χ1v) is 6.52. The Labute approximate surface area is 125 Å². The van der Waals surface area contributed by atoms with Gasteiger partial charge in [-0.2, -0.15) is 10.5 Å². The number of nitrogens with zero attached hydrogens (tertiary/aromatic N) is 4. The van der Waals surface area contributed by atoms with Gasteiger partial charge >= 0.3 is 0 Å². The molecule has 0 spiro atoms. The van der Waals surface area contributed by atoms with Crippen LogP contribution in [-0.4, -0.2) is 25.0 Å². The highest BCUT2D eigenvalue weighted by Gasteiger charge is 2.28. The van der Waals surface area contributed by atoms with E-state index in [2.05, 4.69) is 48.3 Å². The predicted molar refractivity (Wildman–Crippen MR) is 82.7 cm³/mol. The minimum absolute atomic E-state index is 0.113. The second kappa shape index (κ2) is 7.95. The average molecular weight is 292 g/mol. The highest BCUT2D eigenvalue weighted by Crippen LogP contribution is 2.34. The molecule has 0 fully saturated rings. The van der Waals surface area contributed by atoms with Crippen LogP contribution in [0.3, 0.4) is 0 Å². The highest BCUT2D eigenvalue weighted by atomic mass is 15.1. The number of rotatable bonds is 6. The molecule has 0 saturated heterocycles. The van der Waals surface area contributed by atoms with Crippen molar-refractivity contribution in [3.05, 3.63) is 0 Å². The van der Waals surface area contributed by atoms with E-state index in [1.54, 1.807) is 12.4 Å². The van der Waals surface area contributed by atoms with Crippen LogP contribution in [0.1, 0.15) is 34.1 Å². The number of nitrogens with one attached hydrogen (secondary N) is 2. The van der Waals surface area contributed by atoms with Gasteiger partial charge in [0.1, 0.15) is 0 Å². The molecule has 0 amide bonds. The molecule has 116 valence electrons. The molecule has 0 rings (SSSR count). The van der Waals surface area contributed by atoms with Crippen LogP contribution in [0.25, 0.3) is 0 Å². The van der Waals surface area contributed by atoms with Crippen LogP contribution in [0, 0.1) is 33.7 Å². The Kier molecular flexibility index (Phi) is 7.01. The standard InChI is InChI=1S/C13H24N8/c1-12(2,6-18-10(16)20-8-14)5-13(3,4)7-19-11(17)21-9-15/h5-7H2,1-4H3,(H3,16,18,20)(H3,17,19,21). The highest BCUT2D eigenvalue weighted by molar-refractivity contribution is 5.79. The van der Waals surface area contributed by atoms with Gasteiger partial charge in [-0.05, 0) is 17.3 Å². The summed E-state index contributed by atoms with van der Waals surface area (Å²) >= 11 is 0. The Morgan fingerprint density at radius 2 is 1.24 bits per heavy atom. The van der Waals surface area contributed by atoms with Crippen LogP contribution < -0.4 is 22.1 Å². The van der Waals surface area contributed by atoms with E-state index >= 15 is 0 Å². The van der Waals surface area contributed by atoms with E-state index in [1.807, 2.05) is 0 Å². The van der Waals surface area contributed by atoms with Crippen LogP contribution in [0.4, 0.5) is 0 Å². The lowest BCUT2D eigenvalue weighted by Crippen LogP contribution is -2.33. The third-order valence-electron chi connectivity index (χ3n) is 2.68. The molecule has 21 heavy (non-hydrogen) atoms. The van der Waals surface area contributed by atoms with E-state index in [1.165, 1.54) is 0 Å².